The van der Waals surface area contributed by atoms with E-state index in [2.05, 4.69) is 30.5 Å². The molecule has 0 aliphatic rings. The van der Waals surface area contributed by atoms with Crippen LogP contribution in [0.3, 0.4) is 0 Å². The molecule has 0 saturated carbocycles. The summed E-state index contributed by atoms with van der Waals surface area (Å²) in [6.45, 7) is 6.36. The third-order valence-electron chi connectivity index (χ3n) is 3.93. The van der Waals surface area contributed by atoms with Gasteiger partial charge in [0.1, 0.15) is 0 Å². The van der Waals surface area contributed by atoms with E-state index in [0.29, 0.717) is 11.1 Å². The number of hydrogen-bond acceptors (Lipinski definition) is 3. The fraction of sp³-hybridized carbons (Fsp3) is 0.211. The van der Waals surface area contributed by atoms with Crippen molar-refractivity contribution in [3.05, 3.63) is 66.5 Å². The normalized spacial score (nSPS) is 12.3. The van der Waals surface area contributed by atoms with Crippen molar-refractivity contribution in [3.63, 3.8) is 0 Å². The Balaban J connectivity index is 1.96. The maximum absolute atomic E-state index is 12.8. The summed E-state index contributed by atoms with van der Waals surface area (Å²) in [6, 6.07) is 14.4. The molecule has 0 aliphatic carbocycles. The predicted octanol–water partition coefficient (Wildman–Crippen LogP) is 4.33. The number of nitrogens with zero attached hydrogens (tertiary/aromatic N) is 1. The molecule has 124 valence electrons. The highest BCUT2D eigenvalue weighted by atomic mass is 32.2. The second-order valence-electron chi connectivity index (χ2n) is 6.79. The minimum atomic E-state index is -3.67. The molecule has 0 saturated heterocycles. The van der Waals surface area contributed by atoms with Crippen molar-refractivity contribution in [1.29, 1.82) is 0 Å². The van der Waals surface area contributed by atoms with E-state index >= 15 is 0 Å². The first-order valence-corrected chi connectivity index (χ1v) is 9.22. The summed E-state index contributed by atoms with van der Waals surface area (Å²) >= 11 is 0. The van der Waals surface area contributed by atoms with Gasteiger partial charge >= 0.3 is 0 Å². The van der Waals surface area contributed by atoms with E-state index in [1.165, 1.54) is 0 Å². The van der Waals surface area contributed by atoms with Gasteiger partial charge in [0.25, 0.3) is 10.0 Å². The predicted molar refractivity (Wildman–Crippen MR) is 97.7 cm³/mol. The van der Waals surface area contributed by atoms with Gasteiger partial charge in [0.15, 0.2) is 0 Å². The van der Waals surface area contributed by atoms with Gasteiger partial charge in [-0.05, 0) is 35.2 Å². The largest absolute Gasteiger partial charge is 0.280 e. The lowest BCUT2D eigenvalue weighted by Crippen LogP contribution is -2.14. The summed E-state index contributed by atoms with van der Waals surface area (Å²) < 4.78 is 28.2. The van der Waals surface area contributed by atoms with Gasteiger partial charge in [0, 0.05) is 28.9 Å². The lowest BCUT2D eigenvalue weighted by molar-refractivity contribution is 0.590. The second kappa shape index (κ2) is 5.91. The van der Waals surface area contributed by atoms with Crippen LogP contribution in [0.4, 0.5) is 5.69 Å². The smallest absolute Gasteiger partial charge is 0.262 e. The first-order chi connectivity index (χ1) is 11.3. The standard InChI is InChI=1S/C19H20N2O2S/c1-19(2,3)15-7-9-16(10-8-15)21-24(22,23)18-6-4-5-14-13-20-12-11-17(14)18/h4-13,21H,1-3H3. The summed E-state index contributed by atoms with van der Waals surface area (Å²) in [5, 5.41) is 1.45. The number of nitrogens with one attached hydrogen (secondary N) is 1. The van der Waals surface area contributed by atoms with Gasteiger partial charge < -0.3 is 0 Å². The van der Waals surface area contributed by atoms with Crippen molar-refractivity contribution >= 4 is 26.5 Å². The molecule has 5 heteroatoms. The van der Waals surface area contributed by atoms with Gasteiger partial charge in [-0.2, -0.15) is 0 Å². The molecular weight excluding hydrogens is 320 g/mol. The van der Waals surface area contributed by atoms with Gasteiger partial charge in [0.05, 0.1) is 4.90 Å². The number of sulfonamides is 1. The molecule has 0 atom stereocenters. The number of benzene rings is 2. The van der Waals surface area contributed by atoms with Crippen molar-refractivity contribution in [3.8, 4) is 0 Å². The fourth-order valence-corrected chi connectivity index (χ4v) is 3.87. The summed E-state index contributed by atoms with van der Waals surface area (Å²) in [4.78, 5) is 4.29. The molecule has 3 aromatic rings. The van der Waals surface area contributed by atoms with E-state index in [1.54, 1.807) is 42.7 Å². The van der Waals surface area contributed by atoms with Gasteiger partial charge in [-0.15, -0.1) is 0 Å². The summed E-state index contributed by atoms with van der Waals surface area (Å²) in [6.07, 6.45) is 3.26. The summed E-state index contributed by atoms with van der Waals surface area (Å²) in [5.74, 6) is 0. The molecule has 0 unspecified atom stereocenters. The van der Waals surface area contributed by atoms with Gasteiger partial charge in [-0.3, -0.25) is 9.71 Å². The SMILES string of the molecule is CC(C)(C)c1ccc(NS(=O)(=O)c2cccc3cnccc23)cc1. The number of hydrogen-bond donors (Lipinski definition) is 1. The highest BCUT2D eigenvalue weighted by Gasteiger charge is 2.18. The molecule has 1 heterocycles. The molecule has 0 aliphatic heterocycles. The monoisotopic (exact) mass is 340 g/mol. The zero-order chi connectivity index (χ0) is 17.4. The average Bonchev–Trinajstić information content (AvgIpc) is 2.53. The van der Waals surface area contributed by atoms with Crippen LogP contribution in [-0.4, -0.2) is 13.4 Å². The number of pyridine rings is 1. The molecule has 3 rings (SSSR count). The summed E-state index contributed by atoms with van der Waals surface area (Å²) in [7, 11) is -3.67. The lowest BCUT2D eigenvalue weighted by Gasteiger charge is -2.19. The Bertz CT molecular complexity index is 967. The van der Waals surface area contributed by atoms with Crippen LogP contribution in [0.1, 0.15) is 26.3 Å². The quantitative estimate of drug-likeness (QED) is 0.772. The van der Waals surface area contributed by atoms with Crippen LogP contribution in [0.2, 0.25) is 0 Å². The molecule has 2 aromatic carbocycles. The zero-order valence-electron chi connectivity index (χ0n) is 13.9. The molecule has 0 radical (unpaired) electrons. The van der Waals surface area contributed by atoms with E-state index in [-0.39, 0.29) is 10.3 Å². The molecule has 1 N–H and O–H groups in total. The molecule has 0 spiro atoms. The van der Waals surface area contributed by atoms with Crippen LogP contribution in [0.15, 0.2) is 65.8 Å². The molecule has 1 aromatic heterocycles. The van der Waals surface area contributed by atoms with Crippen LogP contribution in [0.25, 0.3) is 10.8 Å². The van der Waals surface area contributed by atoms with Crippen molar-refractivity contribution < 1.29 is 8.42 Å². The zero-order valence-corrected chi connectivity index (χ0v) is 14.8. The number of aromatic nitrogens is 1. The van der Waals surface area contributed by atoms with Crippen molar-refractivity contribution in [1.82, 2.24) is 4.98 Å². The Kier molecular flexibility index (Phi) is 4.05. The van der Waals surface area contributed by atoms with E-state index in [1.807, 2.05) is 18.2 Å². The van der Waals surface area contributed by atoms with Crippen molar-refractivity contribution in [2.24, 2.45) is 0 Å². The fourth-order valence-electron chi connectivity index (χ4n) is 2.58. The van der Waals surface area contributed by atoms with Crippen LogP contribution in [-0.2, 0) is 15.4 Å². The van der Waals surface area contributed by atoms with E-state index in [4.69, 9.17) is 0 Å². The van der Waals surface area contributed by atoms with Crippen molar-refractivity contribution in [2.45, 2.75) is 31.1 Å². The van der Waals surface area contributed by atoms with E-state index in [9.17, 15) is 8.42 Å². The number of fused-ring (bicyclic) bond motifs is 1. The Morgan fingerprint density at radius 1 is 0.958 bits per heavy atom. The maximum Gasteiger partial charge on any atom is 0.262 e. The van der Waals surface area contributed by atoms with Crippen LogP contribution >= 0.6 is 0 Å². The molecular formula is C19H20N2O2S. The van der Waals surface area contributed by atoms with E-state index < -0.39 is 10.0 Å². The van der Waals surface area contributed by atoms with Crippen LogP contribution < -0.4 is 4.72 Å². The third-order valence-corrected chi connectivity index (χ3v) is 5.37. The highest BCUT2D eigenvalue weighted by molar-refractivity contribution is 7.93. The number of rotatable bonds is 3. The van der Waals surface area contributed by atoms with E-state index in [0.717, 1.165) is 10.9 Å². The first-order valence-electron chi connectivity index (χ1n) is 7.73. The third kappa shape index (κ3) is 3.26. The highest BCUT2D eigenvalue weighted by Crippen LogP contribution is 2.26. The Labute approximate surface area is 142 Å². The molecule has 0 fully saturated rings. The Morgan fingerprint density at radius 2 is 1.67 bits per heavy atom. The van der Waals surface area contributed by atoms with Gasteiger partial charge in [-0.1, -0.05) is 45.0 Å². The molecule has 0 amide bonds. The summed E-state index contributed by atoms with van der Waals surface area (Å²) in [5.41, 5.74) is 1.73. The lowest BCUT2D eigenvalue weighted by atomic mass is 9.87. The molecule has 4 nitrogen and oxygen atoms in total. The van der Waals surface area contributed by atoms with Crippen LogP contribution in [0.5, 0.6) is 0 Å². The first kappa shape index (κ1) is 16.5. The Morgan fingerprint density at radius 3 is 2.33 bits per heavy atom. The van der Waals surface area contributed by atoms with Crippen LogP contribution in [0, 0.1) is 0 Å². The second-order valence-corrected chi connectivity index (χ2v) is 8.44. The maximum atomic E-state index is 12.8. The van der Waals surface area contributed by atoms with Gasteiger partial charge in [-0.25, -0.2) is 8.42 Å². The minimum absolute atomic E-state index is 0.0278. The Hall–Kier alpha value is -2.40. The average molecular weight is 340 g/mol. The van der Waals surface area contributed by atoms with Gasteiger partial charge in [0.2, 0.25) is 0 Å². The minimum Gasteiger partial charge on any atom is -0.280 e. The molecule has 24 heavy (non-hydrogen) atoms. The molecule has 0 bridgehead atoms. The van der Waals surface area contributed by atoms with Crippen molar-refractivity contribution in [2.75, 3.05) is 4.72 Å². The number of anilines is 1. The topological polar surface area (TPSA) is 59.1 Å².